The van der Waals surface area contributed by atoms with Crippen molar-refractivity contribution in [1.82, 2.24) is 14.8 Å². The van der Waals surface area contributed by atoms with Crippen LogP contribution in [0.5, 0.6) is 0 Å². The lowest BCUT2D eigenvalue weighted by Crippen LogP contribution is -2.64. The van der Waals surface area contributed by atoms with Crippen LogP contribution in [0.25, 0.3) is 0 Å². The van der Waals surface area contributed by atoms with E-state index in [1.807, 2.05) is 7.05 Å². The third-order valence-electron chi connectivity index (χ3n) is 6.48. The molecule has 1 aliphatic carbocycles. The number of rotatable bonds is 8. The van der Waals surface area contributed by atoms with Gasteiger partial charge in [0.2, 0.25) is 0 Å². The van der Waals surface area contributed by atoms with Crippen LogP contribution in [-0.2, 0) is 10.0 Å². The smallest absolute Gasteiger partial charge is 0.379 e. The van der Waals surface area contributed by atoms with Gasteiger partial charge in [-0.2, -0.15) is 13.2 Å². The topological polar surface area (TPSA) is 77.6 Å². The summed E-state index contributed by atoms with van der Waals surface area (Å²) in [4.78, 5) is 6.73. The van der Waals surface area contributed by atoms with Gasteiger partial charge in [-0.15, -0.1) is 11.3 Å². The van der Waals surface area contributed by atoms with E-state index in [-0.39, 0.29) is 34.0 Å². The summed E-state index contributed by atoms with van der Waals surface area (Å²) in [6, 6.07) is 2.05. The summed E-state index contributed by atoms with van der Waals surface area (Å²) in [6.07, 6.45) is 0.750. The summed E-state index contributed by atoms with van der Waals surface area (Å²) < 4.78 is 80.2. The van der Waals surface area contributed by atoms with Gasteiger partial charge in [-0.25, -0.2) is 17.8 Å². The Hall–Kier alpha value is -1.67. The van der Waals surface area contributed by atoms with Gasteiger partial charge in [0.05, 0.1) is 17.3 Å². The van der Waals surface area contributed by atoms with Crippen LogP contribution in [0.1, 0.15) is 25.7 Å². The first kappa shape index (κ1) is 26.4. The minimum Gasteiger partial charge on any atom is -0.379 e. The van der Waals surface area contributed by atoms with E-state index in [0.717, 1.165) is 49.2 Å². The Morgan fingerprint density at radius 3 is 2.63 bits per heavy atom. The van der Waals surface area contributed by atoms with E-state index in [0.29, 0.717) is 13.1 Å². The van der Waals surface area contributed by atoms with Gasteiger partial charge in [-0.3, -0.25) is 14.5 Å². The zero-order valence-corrected chi connectivity index (χ0v) is 21.2. The Morgan fingerprint density at radius 1 is 1.26 bits per heavy atom. The number of hydrogen-bond acceptors (Lipinski definition) is 7. The molecule has 1 aromatic heterocycles. The van der Waals surface area contributed by atoms with Gasteiger partial charge in [0.15, 0.2) is 5.13 Å². The summed E-state index contributed by atoms with van der Waals surface area (Å²) in [6.45, 7) is -0.230. The molecule has 2 atom stereocenters. The number of sulfonamides is 1. The van der Waals surface area contributed by atoms with Gasteiger partial charge < -0.3 is 5.32 Å². The molecule has 1 aliphatic heterocycles. The zero-order chi connectivity index (χ0) is 25.4. The molecule has 35 heavy (non-hydrogen) atoms. The van der Waals surface area contributed by atoms with Crippen LogP contribution in [0, 0.1) is 5.82 Å². The van der Waals surface area contributed by atoms with Crippen LogP contribution in [0.4, 0.5) is 28.4 Å². The second-order valence-corrected chi connectivity index (χ2v) is 11.9. The van der Waals surface area contributed by atoms with E-state index >= 15 is 0 Å². The second-order valence-electron chi connectivity index (χ2n) is 8.94. The number of nitrogens with one attached hydrogen (secondary N) is 2. The van der Waals surface area contributed by atoms with E-state index in [4.69, 9.17) is 11.6 Å². The van der Waals surface area contributed by atoms with Crippen molar-refractivity contribution < 1.29 is 26.0 Å². The molecule has 2 N–H and O–H groups in total. The fourth-order valence-corrected chi connectivity index (χ4v) is 6.87. The summed E-state index contributed by atoms with van der Waals surface area (Å²) in [5.74, 6) is -0.955. The molecule has 2 aliphatic rings. The molecular formula is C21H26ClF4N5O2S2. The molecule has 14 heteroatoms. The van der Waals surface area contributed by atoms with Crippen LogP contribution < -0.4 is 10.0 Å². The van der Waals surface area contributed by atoms with E-state index in [1.165, 1.54) is 11.1 Å². The number of likely N-dealkylation sites (tertiary alicyclic amines) is 1. The fraction of sp³-hybridized carbons (Fsp3) is 0.571. The molecule has 0 radical (unpaired) electrons. The van der Waals surface area contributed by atoms with Gasteiger partial charge in [0.25, 0.3) is 10.0 Å². The molecular weight excluding hydrogens is 530 g/mol. The first-order valence-electron chi connectivity index (χ1n) is 11.1. The van der Waals surface area contributed by atoms with Crippen molar-refractivity contribution in [3.05, 3.63) is 34.5 Å². The Kier molecular flexibility index (Phi) is 7.82. The Labute approximate surface area is 210 Å². The van der Waals surface area contributed by atoms with Gasteiger partial charge in [-0.1, -0.05) is 24.4 Å². The van der Waals surface area contributed by atoms with E-state index in [9.17, 15) is 26.0 Å². The molecule has 0 spiro atoms. The van der Waals surface area contributed by atoms with Crippen molar-refractivity contribution in [1.29, 1.82) is 0 Å². The number of halogens is 5. The van der Waals surface area contributed by atoms with E-state index in [1.54, 1.807) is 5.38 Å². The molecule has 0 bridgehead atoms. The van der Waals surface area contributed by atoms with Crippen molar-refractivity contribution in [3.63, 3.8) is 0 Å². The summed E-state index contributed by atoms with van der Waals surface area (Å²) in [5.41, 5.74) is 0.273. The maximum absolute atomic E-state index is 14.9. The van der Waals surface area contributed by atoms with E-state index in [2.05, 4.69) is 19.9 Å². The van der Waals surface area contributed by atoms with Crippen LogP contribution in [0.2, 0.25) is 5.02 Å². The van der Waals surface area contributed by atoms with Crippen LogP contribution in [-0.4, -0.2) is 74.2 Å². The van der Waals surface area contributed by atoms with Crippen LogP contribution in [0.15, 0.2) is 28.6 Å². The highest BCUT2D eigenvalue weighted by atomic mass is 35.5. The highest BCUT2D eigenvalue weighted by molar-refractivity contribution is 7.93. The quantitative estimate of drug-likeness (QED) is 0.462. The average molecular weight is 556 g/mol. The second kappa shape index (κ2) is 10.4. The Balaban J connectivity index is 1.45. The molecule has 2 heterocycles. The predicted molar refractivity (Wildman–Crippen MR) is 128 cm³/mol. The van der Waals surface area contributed by atoms with Gasteiger partial charge in [0.1, 0.15) is 10.7 Å². The normalized spacial score (nSPS) is 22.3. The predicted octanol–water partition coefficient (Wildman–Crippen LogP) is 4.64. The Morgan fingerprint density at radius 2 is 1.97 bits per heavy atom. The number of benzene rings is 1. The molecule has 0 amide bonds. The van der Waals surface area contributed by atoms with Gasteiger partial charge in [0, 0.05) is 42.8 Å². The molecule has 1 saturated carbocycles. The monoisotopic (exact) mass is 555 g/mol. The minimum atomic E-state index is -4.22. The first-order chi connectivity index (χ1) is 16.4. The highest BCUT2D eigenvalue weighted by Crippen LogP contribution is 2.34. The van der Waals surface area contributed by atoms with Gasteiger partial charge in [-0.05, 0) is 32.0 Å². The number of anilines is 2. The average Bonchev–Trinajstić information content (AvgIpc) is 3.24. The number of likely N-dealkylation sites (N-methyl/N-ethyl adjacent to an activating group) is 1. The highest BCUT2D eigenvalue weighted by Gasteiger charge is 2.41. The number of alkyl halides is 3. The Bertz CT molecular complexity index is 1130. The van der Waals surface area contributed by atoms with Crippen molar-refractivity contribution in [3.8, 4) is 0 Å². The van der Waals surface area contributed by atoms with Crippen molar-refractivity contribution in [2.75, 3.05) is 36.7 Å². The maximum atomic E-state index is 14.9. The SMILES string of the molecule is CN(C1CN(CC(F)(F)F)C1)[C@H]1CCCC[C@@H]1Nc1cc(F)c(S(=O)(=O)Nc2nccs2)cc1Cl. The molecule has 1 aromatic carbocycles. The van der Waals surface area contributed by atoms with Gasteiger partial charge >= 0.3 is 6.18 Å². The molecule has 194 valence electrons. The number of aromatic nitrogens is 1. The molecule has 0 unspecified atom stereocenters. The fourth-order valence-electron chi connectivity index (χ4n) is 4.71. The molecule has 7 nitrogen and oxygen atoms in total. The first-order valence-corrected chi connectivity index (χ1v) is 13.9. The molecule has 1 saturated heterocycles. The third-order valence-corrected chi connectivity index (χ3v) is 8.96. The number of nitrogens with zero attached hydrogens (tertiary/aromatic N) is 3. The number of hydrogen-bond donors (Lipinski definition) is 2. The standard InChI is InChI=1S/C21H26ClF4N5O2S2/c1-30(13-10-31(11-13)12-21(24,25)26)18-5-3-2-4-16(18)28-17-9-15(23)19(8-14(17)22)35(32,33)29-20-27-6-7-34-20/h6-9,13,16,18,28H,2-5,10-12H2,1H3,(H,27,29)/t16-,18-/m0/s1. The molecule has 2 aromatic rings. The van der Waals surface area contributed by atoms with Crippen molar-refractivity contribution in [2.45, 2.75) is 54.9 Å². The van der Waals surface area contributed by atoms with Crippen molar-refractivity contribution >= 4 is 43.8 Å². The summed E-state index contributed by atoms with van der Waals surface area (Å²) in [5, 5.41) is 5.02. The zero-order valence-electron chi connectivity index (χ0n) is 18.9. The lowest BCUT2D eigenvalue weighted by atomic mass is 9.87. The summed E-state index contributed by atoms with van der Waals surface area (Å²) in [7, 11) is -2.31. The van der Waals surface area contributed by atoms with Crippen LogP contribution in [0.3, 0.4) is 0 Å². The molecule has 4 rings (SSSR count). The third kappa shape index (κ3) is 6.37. The number of thiazole rings is 1. The van der Waals surface area contributed by atoms with Crippen LogP contribution >= 0.6 is 22.9 Å². The minimum absolute atomic E-state index is 0.00131. The largest absolute Gasteiger partial charge is 0.401 e. The lowest BCUT2D eigenvalue weighted by Gasteiger charge is -2.49. The maximum Gasteiger partial charge on any atom is 0.401 e. The lowest BCUT2D eigenvalue weighted by molar-refractivity contribution is -0.161. The molecule has 2 fully saturated rings. The van der Waals surface area contributed by atoms with Crippen molar-refractivity contribution in [2.24, 2.45) is 0 Å². The van der Waals surface area contributed by atoms with E-state index < -0.39 is 33.5 Å². The summed E-state index contributed by atoms with van der Waals surface area (Å²) >= 11 is 7.42.